The summed E-state index contributed by atoms with van der Waals surface area (Å²) in [4.78, 5) is 4.15. The minimum Gasteiger partial charge on any atom is -0.310 e. The van der Waals surface area contributed by atoms with Crippen LogP contribution in [0.3, 0.4) is 0 Å². The van der Waals surface area contributed by atoms with Crippen LogP contribution in [0.2, 0.25) is 0 Å². The van der Waals surface area contributed by atoms with Gasteiger partial charge in [0.15, 0.2) is 0 Å². The molecule has 0 amide bonds. The van der Waals surface area contributed by atoms with Gasteiger partial charge < -0.3 is 5.32 Å². The van der Waals surface area contributed by atoms with E-state index in [1.165, 1.54) is 30.4 Å². The zero-order valence-corrected chi connectivity index (χ0v) is 11.5. The Kier molecular flexibility index (Phi) is 5.57. The van der Waals surface area contributed by atoms with Crippen LogP contribution in [0.15, 0.2) is 54.9 Å². The van der Waals surface area contributed by atoms with Crippen LogP contribution in [0.25, 0.3) is 0 Å². The Balaban J connectivity index is 1.62. The summed E-state index contributed by atoms with van der Waals surface area (Å²) in [6, 6.07) is 15.2. The van der Waals surface area contributed by atoms with Crippen LogP contribution in [-0.2, 0) is 6.42 Å². The lowest BCUT2D eigenvalue weighted by molar-refractivity contribution is 0.545. The fourth-order valence-corrected chi connectivity index (χ4v) is 2.17. The molecule has 1 atom stereocenters. The molecule has 2 nitrogen and oxygen atoms in total. The number of benzene rings is 1. The molecule has 0 aliphatic heterocycles. The van der Waals surface area contributed by atoms with E-state index in [0.717, 1.165) is 6.54 Å². The van der Waals surface area contributed by atoms with Crippen molar-refractivity contribution in [3.05, 3.63) is 66.0 Å². The van der Waals surface area contributed by atoms with Crippen molar-refractivity contribution in [2.75, 3.05) is 6.54 Å². The summed E-state index contributed by atoms with van der Waals surface area (Å²) in [5.41, 5.74) is 2.69. The average molecular weight is 254 g/mol. The minimum atomic E-state index is 0.380. The van der Waals surface area contributed by atoms with Gasteiger partial charge in [0.25, 0.3) is 0 Å². The number of nitrogens with zero attached hydrogens (tertiary/aromatic N) is 1. The molecule has 0 saturated heterocycles. The molecule has 0 fully saturated rings. The second kappa shape index (κ2) is 7.70. The highest BCUT2D eigenvalue weighted by Crippen LogP contribution is 2.10. The molecular formula is C17H22N2. The molecule has 0 spiro atoms. The van der Waals surface area contributed by atoms with Crippen LogP contribution in [0.5, 0.6) is 0 Å². The summed E-state index contributed by atoms with van der Waals surface area (Å²) >= 11 is 0. The Morgan fingerprint density at radius 1 is 1.05 bits per heavy atom. The van der Waals surface area contributed by atoms with E-state index in [-0.39, 0.29) is 0 Å². The van der Waals surface area contributed by atoms with Crippen LogP contribution in [0.4, 0.5) is 0 Å². The summed E-state index contributed by atoms with van der Waals surface area (Å²) in [6.07, 6.45) is 7.36. The highest BCUT2D eigenvalue weighted by Gasteiger charge is 2.03. The van der Waals surface area contributed by atoms with Crippen LogP contribution in [-0.4, -0.2) is 11.5 Å². The number of unbranched alkanes of at least 4 members (excludes halogenated alkanes) is 1. The number of rotatable bonds is 7. The van der Waals surface area contributed by atoms with Gasteiger partial charge in [-0.1, -0.05) is 36.4 Å². The lowest BCUT2D eigenvalue weighted by atomic mass is 10.1. The topological polar surface area (TPSA) is 24.9 Å². The quantitative estimate of drug-likeness (QED) is 0.761. The Bertz CT molecular complexity index is 453. The molecule has 2 rings (SSSR count). The fraction of sp³-hybridized carbons (Fsp3) is 0.353. The van der Waals surface area contributed by atoms with E-state index < -0.39 is 0 Å². The predicted octanol–water partition coefficient (Wildman–Crippen LogP) is 3.76. The van der Waals surface area contributed by atoms with Crippen LogP contribution < -0.4 is 5.32 Å². The molecule has 2 aromatic rings. The van der Waals surface area contributed by atoms with Crippen molar-refractivity contribution >= 4 is 0 Å². The minimum absolute atomic E-state index is 0.380. The normalized spacial score (nSPS) is 12.3. The van der Waals surface area contributed by atoms with Crippen molar-refractivity contribution < 1.29 is 0 Å². The molecule has 0 aliphatic carbocycles. The van der Waals surface area contributed by atoms with Gasteiger partial charge in [0.2, 0.25) is 0 Å². The van der Waals surface area contributed by atoms with Crippen molar-refractivity contribution in [3.8, 4) is 0 Å². The maximum absolute atomic E-state index is 4.15. The van der Waals surface area contributed by atoms with Gasteiger partial charge in [-0.15, -0.1) is 0 Å². The first-order valence-corrected chi connectivity index (χ1v) is 7.03. The molecule has 19 heavy (non-hydrogen) atoms. The van der Waals surface area contributed by atoms with Gasteiger partial charge in [-0.2, -0.15) is 0 Å². The molecule has 0 aliphatic rings. The molecule has 1 aromatic carbocycles. The molecule has 1 heterocycles. The first-order valence-electron chi connectivity index (χ1n) is 7.03. The van der Waals surface area contributed by atoms with E-state index in [1.807, 2.05) is 18.5 Å². The maximum atomic E-state index is 4.15. The zero-order chi connectivity index (χ0) is 13.3. The predicted molar refractivity (Wildman–Crippen MR) is 80.0 cm³/mol. The molecule has 2 heteroatoms. The fourth-order valence-electron chi connectivity index (χ4n) is 2.17. The average Bonchev–Trinajstić information content (AvgIpc) is 2.49. The molecule has 0 bridgehead atoms. The van der Waals surface area contributed by atoms with E-state index in [9.17, 15) is 0 Å². The van der Waals surface area contributed by atoms with Crippen molar-refractivity contribution in [3.63, 3.8) is 0 Å². The molecule has 100 valence electrons. The molecule has 0 radical (unpaired) electrons. The summed E-state index contributed by atoms with van der Waals surface area (Å²) < 4.78 is 0. The lowest BCUT2D eigenvalue weighted by Crippen LogP contribution is -2.20. The third kappa shape index (κ3) is 4.84. The summed E-state index contributed by atoms with van der Waals surface area (Å²) in [5, 5.41) is 3.55. The van der Waals surface area contributed by atoms with Crippen LogP contribution in [0.1, 0.15) is 36.9 Å². The molecule has 1 aromatic heterocycles. The Labute approximate surface area is 115 Å². The van der Waals surface area contributed by atoms with Gasteiger partial charge in [-0.25, -0.2) is 0 Å². The monoisotopic (exact) mass is 254 g/mol. The third-order valence-electron chi connectivity index (χ3n) is 3.37. The second-order valence-electron chi connectivity index (χ2n) is 4.90. The molecule has 0 unspecified atom stereocenters. The van der Waals surface area contributed by atoms with Crippen LogP contribution in [0, 0.1) is 0 Å². The third-order valence-corrected chi connectivity index (χ3v) is 3.37. The number of aromatic nitrogens is 1. The number of hydrogen-bond donors (Lipinski definition) is 1. The van der Waals surface area contributed by atoms with Gasteiger partial charge in [-0.05, 0) is 49.9 Å². The van der Waals surface area contributed by atoms with E-state index in [2.05, 4.69) is 53.6 Å². The van der Waals surface area contributed by atoms with Gasteiger partial charge in [0.1, 0.15) is 0 Å². The van der Waals surface area contributed by atoms with Crippen molar-refractivity contribution in [2.24, 2.45) is 0 Å². The highest BCUT2D eigenvalue weighted by atomic mass is 14.9. The summed E-state index contributed by atoms with van der Waals surface area (Å²) in [6.45, 7) is 3.25. The van der Waals surface area contributed by atoms with Crippen molar-refractivity contribution in [2.45, 2.75) is 32.2 Å². The number of pyridine rings is 1. The van der Waals surface area contributed by atoms with E-state index >= 15 is 0 Å². The first kappa shape index (κ1) is 13.8. The van der Waals surface area contributed by atoms with E-state index in [1.54, 1.807) is 0 Å². The Morgan fingerprint density at radius 3 is 2.63 bits per heavy atom. The summed E-state index contributed by atoms with van der Waals surface area (Å²) in [7, 11) is 0. The van der Waals surface area contributed by atoms with Gasteiger partial charge >= 0.3 is 0 Å². The number of nitrogens with one attached hydrogen (secondary N) is 1. The van der Waals surface area contributed by atoms with Gasteiger partial charge in [-0.3, -0.25) is 4.98 Å². The molecular weight excluding hydrogens is 232 g/mol. The lowest BCUT2D eigenvalue weighted by Gasteiger charge is -2.13. The van der Waals surface area contributed by atoms with Crippen LogP contribution >= 0.6 is 0 Å². The zero-order valence-electron chi connectivity index (χ0n) is 11.5. The standard InChI is InChI=1S/C17H22N2/c1-15(17-11-7-12-18-14-17)19-13-6-5-10-16-8-3-2-4-9-16/h2-4,7-9,11-12,14-15,19H,5-6,10,13H2,1H3/t15-/m0/s1. The van der Waals surface area contributed by atoms with Crippen molar-refractivity contribution in [1.82, 2.24) is 10.3 Å². The maximum Gasteiger partial charge on any atom is 0.0315 e. The molecule has 0 saturated carbocycles. The van der Waals surface area contributed by atoms with Gasteiger partial charge in [0, 0.05) is 18.4 Å². The number of hydrogen-bond acceptors (Lipinski definition) is 2. The smallest absolute Gasteiger partial charge is 0.0315 e. The SMILES string of the molecule is C[C@H](NCCCCc1ccccc1)c1cccnc1. The number of aryl methyl sites for hydroxylation is 1. The molecule has 1 N–H and O–H groups in total. The summed E-state index contributed by atoms with van der Waals surface area (Å²) in [5.74, 6) is 0. The van der Waals surface area contributed by atoms with E-state index in [0.29, 0.717) is 6.04 Å². The Hall–Kier alpha value is -1.67. The van der Waals surface area contributed by atoms with Crippen molar-refractivity contribution in [1.29, 1.82) is 0 Å². The Morgan fingerprint density at radius 2 is 1.89 bits per heavy atom. The highest BCUT2D eigenvalue weighted by molar-refractivity contribution is 5.14. The van der Waals surface area contributed by atoms with Gasteiger partial charge in [0.05, 0.1) is 0 Å². The first-order chi connectivity index (χ1) is 9.36. The largest absolute Gasteiger partial charge is 0.310 e. The second-order valence-corrected chi connectivity index (χ2v) is 4.90. The van der Waals surface area contributed by atoms with E-state index in [4.69, 9.17) is 0 Å².